The number of carbonyl (C=O) groups is 2. The van der Waals surface area contributed by atoms with Crippen LogP contribution in [0.2, 0.25) is 0 Å². The molecule has 132 valence electrons. The summed E-state index contributed by atoms with van der Waals surface area (Å²) in [6.45, 7) is 7.13. The largest absolute Gasteiger partial charge is 0.377 e. The molecule has 24 heavy (non-hydrogen) atoms. The van der Waals surface area contributed by atoms with Crippen molar-refractivity contribution in [2.45, 2.75) is 33.2 Å². The van der Waals surface area contributed by atoms with Crippen molar-refractivity contribution >= 4 is 23.3 Å². The molecule has 0 saturated carbocycles. The van der Waals surface area contributed by atoms with Crippen molar-refractivity contribution < 1.29 is 9.59 Å². The number of hydrogen-bond acceptors (Lipinski definition) is 3. The molecule has 3 amide bonds. The van der Waals surface area contributed by atoms with Gasteiger partial charge < -0.3 is 20.4 Å². The first-order valence-corrected chi connectivity index (χ1v) is 8.43. The van der Waals surface area contributed by atoms with Gasteiger partial charge in [-0.1, -0.05) is 19.9 Å². The van der Waals surface area contributed by atoms with Crippen molar-refractivity contribution in [3.8, 4) is 0 Å². The zero-order valence-electron chi connectivity index (χ0n) is 15.2. The lowest BCUT2D eigenvalue weighted by molar-refractivity contribution is -0.128. The maximum Gasteiger partial charge on any atom is 0.322 e. The summed E-state index contributed by atoms with van der Waals surface area (Å²) in [4.78, 5) is 28.6. The van der Waals surface area contributed by atoms with Crippen molar-refractivity contribution in [1.29, 1.82) is 0 Å². The molecule has 0 unspecified atom stereocenters. The number of rotatable bonds is 4. The smallest absolute Gasteiger partial charge is 0.322 e. The van der Waals surface area contributed by atoms with E-state index in [9.17, 15) is 9.59 Å². The zero-order valence-corrected chi connectivity index (χ0v) is 15.2. The second-order valence-electron chi connectivity index (χ2n) is 6.90. The van der Waals surface area contributed by atoms with E-state index in [2.05, 4.69) is 24.5 Å². The van der Waals surface area contributed by atoms with Gasteiger partial charge in [-0.05, 0) is 37.0 Å². The van der Waals surface area contributed by atoms with E-state index in [0.29, 0.717) is 25.4 Å². The van der Waals surface area contributed by atoms with Gasteiger partial charge in [-0.15, -0.1) is 0 Å². The fourth-order valence-electron chi connectivity index (χ4n) is 3.07. The minimum atomic E-state index is -0.406. The average molecular weight is 332 g/mol. The van der Waals surface area contributed by atoms with Gasteiger partial charge in [0, 0.05) is 38.6 Å². The topological polar surface area (TPSA) is 64.7 Å². The molecule has 2 rings (SSSR count). The standard InChI is InChI=1S/C18H28N4O2/c1-12(2)11-16-17(23)19-9-10-22(16)18(24)20-14-7-6-8-15(13(14)3)21(4)5/h6-8,12,16H,9-11H2,1-5H3,(H,19,23)(H,20,24)/t16-/m0/s1. The number of amides is 3. The van der Waals surface area contributed by atoms with Crippen LogP contribution in [0.5, 0.6) is 0 Å². The maximum atomic E-state index is 12.8. The molecule has 0 bridgehead atoms. The summed E-state index contributed by atoms with van der Waals surface area (Å²) >= 11 is 0. The molecular formula is C18H28N4O2. The van der Waals surface area contributed by atoms with Crippen molar-refractivity contribution in [2.24, 2.45) is 5.92 Å². The third-order valence-electron chi connectivity index (χ3n) is 4.31. The Labute approximate surface area is 144 Å². The van der Waals surface area contributed by atoms with Crippen LogP contribution in [0.3, 0.4) is 0 Å². The van der Waals surface area contributed by atoms with Crippen molar-refractivity contribution in [3.05, 3.63) is 23.8 Å². The van der Waals surface area contributed by atoms with Crippen molar-refractivity contribution in [1.82, 2.24) is 10.2 Å². The second-order valence-corrected chi connectivity index (χ2v) is 6.90. The molecule has 1 aliphatic rings. The Morgan fingerprint density at radius 2 is 2.12 bits per heavy atom. The number of carbonyl (C=O) groups excluding carboxylic acids is 2. The van der Waals surface area contributed by atoms with E-state index in [0.717, 1.165) is 16.9 Å². The Balaban J connectivity index is 2.19. The van der Waals surface area contributed by atoms with E-state index in [4.69, 9.17) is 0 Å². The second kappa shape index (κ2) is 7.55. The molecule has 1 aliphatic heterocycles. The number of nitrogens with zero attached hydrogens (tertiary/aromatic N) is 2. The Morgan fingerprint density at radius 3 is 2.75 bits per heavy atom. The van der Waals surface area contributed by atoms with Crippen molar-refractivity contribution in [3.63, 3.8) is 0 Å². The Kier molecular flexibility index (Phi) is 5.70. The first kappa shape index (κ1) is 18.1. The monoisotopic (exact) mass is 332 g/mol. The molecule has 2 N–H and O–H groups in total. The number of urea groups is 1. The molecule has 1 aromatic carbocycles. The van der Waals surface area contributed by atoms with Crippen LogP contribution < -0.4 is 15.5 Å². The average Bonchev–Trinajstić information content (AvgIpc) is 2.50. The van der Waals surface area contributed by atoms with Gasteiger partial charge in [-0.2, -0.15) is 0 Å². The van der Waals surface area contributed by atoms with Gasteiger partial charge in [0.1, 0.15) is 6.04 Å². The van der Waals surface area contributed by atoms with Crippen LogP contribution >= 0.6 is 0 Å². The fraction of sp³-hybridized carbons (Fsp3) is 0.556. The number of piperazine rings is 1. The molecule has 1 heterocycles. The van der Waals surface area contributed by atoms with Crippen LogP contribution in [0.15, 0.2) is 18.2 Å². The minimum Gasteiger partial charge on any atom is -0.377 e. The molecule has 1 atom stereocenters. The van der Waals surface area contributed by atoms with Crippen LogP contribution in [0.1, 0.15) is 25.8 Å². The van der Waals surface area contributed by atoms with Gasteiger partial charge >= 0.3 is 6.03 Å². The van der Waals surface area contributed by atoms with E-state index in [1.54, 1.807) is 4.90 Å². The lowest BCUT2D eigenvalue weighted by Gasteiger charge is -2.36. The van der Waals surface area contributed by atoms with Gasteiger partial charge in [0.15, 0.2) is 0 Å². The Hall–Kier alpha value is -2.24. The molecule has 1 aromatic rings. The van der Waals surface area contributed by atoms with E-state index in [1.165, 1.54) is 0 Å². The zero-order chi connectivity index (χ0) is 17.9. The van der Waals surface area contributed by atoms with Crippen LogP contribution in [0.25, 0.3) is 0 Å². The van der Waals surface area contributed by atoms with E-state index in [-0.39, 0.29) is 11.9 Å². The molecule has 0 aromatic heterocycles. The highest BCUT2D eigenvalue weighted by atomic mass is 16.2. The van der Waals surface area contributed by atoms with E-state index >= 15 is 0 Å². The molecule has 0 spiro atoms. The predicted octanol–water partition coefficient (Wildman–Crippen LogP) is 2.44. The summed E-state index contributed by atoms with van der Waals surface area (Å²) in [6, 6.07) is 5.21. The molecule has 0 radical (unpaired) electrons. The van der Waals surface area contributed by atoms with Crippen LogP contribution in [-0.2, 0) is 4.79 Å². The van der Waals surface area contributed by atoms with Crippen LogP contribution in [0.4, 0.5) is 16.2 Å². The number of hydrogen-bond donors (Lipinski definition) is 2. The predicted molar refractivity (Wildman–Crippen MR) is 97.5 cm³/mol. The number of anilines is 2. The third-order valence-corrected chi connectivity index (χ3v) is 4.31. The summed E-state index contributed by atoms with van der Waals surface area (Å²) in [6.07, 6.45) is 0.663. The highest BCUT2D eigenvalue weighted by molar-refractivity contribution is 5.95. The number of benzene rings is 1. The van der Waals surface area contributed by atoms with Gasteiger partial charge in [-0.25, -0.2) is 4.79 Å². The first-order valence-electron chi connectivity index (χ1n) is 8.43. The SMILES string of the molecule is Cc1c(NC(=O)N2CCNC(=O)[C@@H]2CC(C)C)cccc1N(C)C. The first-order chi connectivity index (χ1) is 11.3. The lowest BCUT2D eigenvalue weighted by atomic mass is 10.0. The normalized spacial score (nSPS) is 17.7. The highest BCUT2D eigenvalue weighted by Crippen LogP contribution is 2.26. The lowest BCUT2D eigenvalue weighted by Crippen LogP contribution is -2.58. The molecule has 6 nitrogen and oxygen atoms in total. The summed E-state index contributed by atoms with van der Waals surface area (Å²) in [5.74, 6) is 0.275. The highest BCUT2D eigenvalue weighted by Gasteiger charge is 2.33. The molecular weight excluding hydrogens is 304 g/mol. The van der Waals surface area contributed by atoms with Gasteiger partial charge in [0.2, 0.25) is 5.91 Å². The van der Waals surface area contributed by atoms with E-state index < -0.39 is 6.04 Å². The minimum absolute atomic E-state index is 0.0659. The Bertz CT molecular complexity index is 613. The van der Waals surface area contributed by atoms with Crippen LogP contribution in [-0.4, -0.2) is 50.1 Å². The van der Waals surface area contributed by atoms with Gasteiger partial charge in [0.25, 0.3) is 0 Å². The van der Waals surface area contributed by atoms with Gasteiger partial charge in [0.05, 0.1) is 0 Å². The summed E-state index contributed by atoms with van der Waals surface area (Å²) in [5, 5.41) is 5.83. The summed E-state index contributed by atoms with van der Waals surface area (Å²) < 4.78 is 0. The van der Waals surface area contributed by atoms with Crippen LogP contribution in [0, 0.1) is 12.8 Å². The Morgan fingerprint density at radius 1 is 1.42 bits per heavy atom. The van der Waals surface area contributed by atoms with Gasteiger partial charge in [-0.3, -0.25) is 4.79 Å². The molecule has 1 fully saturated rings. The number of nitrogens with one attached hydrogen (secondary N) is 2. The summed E-state index contributed by atoms with van der Waals surface area (Å²) in [5.41, 5.74) is 2.85. The fourth-order valence-corrected chi connectivity index (χ4v) is 3.07. The maximum absolute atomic E-state index is 12.8. The molecule has 1 saturated heterocycles. The van der Waals surface area contributed by atoms with E-state index in [1.807, 2.05) is 44.1 Å². The molecule has 6 heteroatoms. The quantitative estimate of drug-likeness (QED) is 0.890. The molecule has 0 aliphatic carbocycles. The van der Waals surface area contributed by atoms with Crippen molar-refractivity contribution in [2.75, 3.05) is 37.4 Å². The summed E-state index contributed by atoms with van der Waals surface area (Å²) in [7, 11) is 3.95. The third kappa shape index (κ3) is 3.99.